The molecule has 2 saturated heterocycles. The second kappa shape index (κ2) is 13.1. The van der Waals surface area contributed by atoms with Crippen LogP contribution in [0.1, 0.15) is 55.7 Å². The van der Waals surface area contributed by atoms with Gasteiger partial charge in [0.2, 0.25) is 0 Å². The summed E-state index contributed by atoms with van der Waals surface area (Å²) in [5.74, 6) is 0.309. The van der Waals surface area contributed by atoms with E-state index in [9.17, 15) is 14.0 Å². The number of aromatic nitrogens is 2. The molecule has 0 bridgehead atoms. The number of amides is 1. The highest BCUT2D eigenvalue weighted by atomic mass is 19.1. The van der Waals surface area contributed by atoms with Gasteiger partial charge in [-0.05, 0) is 69.0 Å². The smallest absolute Gasteiger partial charge is 0.272 e. The lowest BCUT2D eigenvalue weighted by molar-refractivity contribution is 0.0637. The van der Waals surface area contributed by atoms with E-state index in [1.807, 2.05) is 52.0 Å². The average Bonchev–Trinajstić information content (AvgIpc) is 3.40. The standard InChI is InChI=1S/C23H23FN4O2.C4H8.C2H6/c24-20-6-5-14(10-21-17-3-1-2-4-18(17)22(29)27-26-21)9-19(20)23(30)28-8-7-15-11-25-12-16(15)13-28;1-3-4-2;1-2/h1-6,9,15-16,25H,7-8,10-13H2,(H,27,29);3-4H,1-2H3;1-2H3/b;4-3-;. The van der Waals surface area contributed by atoms with E-state index in [0.717, 1.165) is 30.5 Å². The Morgan fingerprint density at radius 3 is 2.50 bits per heavy atom. The summed E-state index contributed by atoms with van der Waals surface area (Å²) in [7, 11) is 0. The van der Waals surface area contributed by atoms with Gasteiger partial charge in [0, 0.05) is 24.9 Å². The number of likely N-dealkylation sites (tertiary alicyclic amines) is 1. The third-order valence-corrected chi connectivity index (χ3v) is 6.73. The van der Waals surface area contributed by atoms with Crippen LogP contribution >= 0.6 is 0 Å². The van der Waals surface area contributed by atoms with Crippen molar-refractivity contribution in [1.82, 2.24) is 20.4 Å². The number of hydrogen-bond donors (Lipinski definition) is 2. The first-order valence-electron chi connectivity index (χ1n) is 12.8. The molecule has 1 amide bonds. The Kier molecular flexibility index (Phi) is 9.94. The highest BCUT2D eigenvalue weighted by Crippen LogP contribution is 2.28. The maximum absolute atomic E-state index is 14.6. The second-order valence-corrected chi connectivity index (χ2v) is 8.92. The van der Waals surface area contributed by atoms with Crippen LogP contribution in [-0.4, -0.2) is 47.2 Å². The lowest BCUT2D eigenvalue weighted by atomic mass is 9.88. The minimum atomic E-state index is -0.505. The molecule has 1 aromatic heterocycles. The molecule has 0 aliphatic carbocycles. The van der Waals surface area contributed by atoms with Crippen LogP contribution in [0.3, 0.4) is 0 Å². The number of hydrogen-bond acceptors (Lipinski definition) is 4. The van der Waals surface area contributed by atoms with Crippen molar-refractivity contribution in [2.45, 2.75) is 40.5 Å². The number of nitrogens with zero attached hydrogens (tertiary/aromatic N) is 2. The first-order valence-corrected chi connectivity index (χ1v) is 12.8. The predicted molar refractivity (Wildman–Crippen MR) is 144 cm³/mol. The van der Waals surface area contributed by atoms with Gasteiger partial charge in [0.05, 0.1) is 16.6 Å². The molecule has 5 rings (SSSR count). The van der Waals surface area contributed by atoms with Gasteiger partial charge in [-0.1, -0.05) is 50.3 Å². The lowest BCUT2D eigenvalue weighted by Gasteiger charge is -2.34. The molecule has 0 spiro atoms. The van der Waals surface area contributed by atoms with Crippen LogP contribution < -0.4 is 10.9 Å². The molecule has 2 atom stereocenters. The van der Waals surface area contributed by atoms with Crippen molar-refractivity contribution < 1.29 is 9.18 Å². The van der Waals surface area contributed by atoms with Crippen molar-refractivity contribution in [3.8, 4) is 0 Å². The molecule has 192 valence electrons. The van der Waals surface area contributed by atoms with Gasteiger partial charge in [0.1, 0.15) is 5.82 Å². The van der Waals surface area contributed by atoms with Crippen molar-refractivity contribution in [1.29, 1.82) is 0 Å². The minimum Gasteiger partial charge on any atom is -0.338 e. The van der Waals surface area contributed by atoms with Gasteiger partial charge >= 0.3 is 0 Å². The number of fused-ring (bicyclic) bond motifs is 2. The molecule has 2 aliphatic heterocycles. The first-order chi connectivity index (χ1) is 17.5. The SMILES string of the molecule is C/C=C\C.CC.O=C(c1cc(Cc2n[nH]c(=O)c3ccccc23)ccc1F)N1CCC2CNCC2C1. The quantitative estimate of drug-likeness (QED) is 0.508. The van der Waals surface area contributed by atoms with E-state index in [4.69, 9.17) is 0 Å². The Morgan fingerprint density at radius 2 is 1.78 bits per heavy atom. The summed E-state index contributed by atoms with van der Waals surface area (Å²) in [6, 6.07) is 11.9. The van der Waals surface area contributed by atoms with E-state index in [1.165, 1.54) is 6.07 Å². The van der Waals surface area contributed by atoms with Crippen molar-refractivity contribution in [3.63, 3.8) is 0 Å². The fourth-order valence-electron chi connectivity index (χ4n) is 4.74. The summed E-state index contributed by atoms with van der Waals surface area (Å²) in [6.07, 6.45) is 5.35. The lowest BCUT2D eigenvalue weighted by Crippen LogP contribution is -2.43. The molecular weight excluding hydrogens is 455 g/mol. The molecule has 3 aromatic rings. The van der Waals surface area contributed by atoms with Gasteiger partial charge in [0.25, 0.3) is 11.5 Å². The Labute approximate surface area is 212 Å². The van der Waals surface area contributed by atoms with Crippen molar-refractivity contribution >= 4 is 16.7 Å². The molecule has 3 heterocycles. The number of carbonyl (C=O) groups excluding carboxylic acids is 1. The van der Waals surface area contributed by atoms with Crippen LogP contribution in [0.5, 0.6) is 0 Å². The molecule has 0 saturated carbocycles. The summed E-state index contributed by atoms with van der Waals surface area (Å²) in [5, 5.41) is 11.4. The van der Waals surface area contributed by atoms with Gasteiger partial charge in [-0.2, -0.15) is 5.10 Å². The zero-order valence-corrected chi connectivity index (χ0v) is 21.7. The third-order valence-electron chi connectivity index (χ3n) is 6.73. The van der Waals surface area contributed by atoms with E-state index in [-0.39, 0.29) is 17.0 Å². The molecule has 36 heavy (non-hydrogen) atoms. The van der Waals surface area contributed by atoms with E-state index < -0.39 is 5.82 Å². The summed E-state index contributed by atoms with van der Waals surface area (Å²) in [5.41, 5.74) is 1.33. The fraction of sp³-hybridized carbons (Fsp3) is 0.414. The molecule has 2 unspecified atom stereocenters. The largest absolute Gasteiger partial charge is 0.338 e. The monoisotopic (exact) mass is 492 g/mol. The Morgan fingerprint density at radius 1 is 1.08 bits per heavy atom. The number of H-pyrrole nitrogens is 1. The Balaban J connectivity index is 0.000000550. The molecule has 2 fully saturated rings. The maximum atomic E-state index is 14.6. The molecule has 7 heteroatoms. The maximum Gasteiger partial charge on any atom is 0.272 e. The van der Waals surface area contributed by atoms with Gasteiger partial charge in [0.15, 0.2) is 0 Å². The molecular formula is C29H37FN4O2. The van der Waals surface area contributed by atoms with Gasteiger partial charge in [-0.25, -0.2) is 9.49 Å². The average molecular weight is 493 g/mol. The minimum absolute atomic E-state index is 0.102. The van der Waals surface area contributed by atoms with E-state index in [1.54, 1.807) is 29.2 Å². The summed E-state index contributed by atoms with van der Waals surface area (Å²) < 4.78 is 14.6. The Hall–Kier alpha value is -3.32. The van der Waals surface area contributed by atoms with Crippen LogP contribution in [0.4, 0.5) is 4.39 Å². The number of rotatable bonds is 3. The molecule has 2 aromatic carbocycles. The molecule has 2 N–H and O–H groups in total. The van der Waals surface area contributed by atoms with Crippen molar-refractivity contribution in [2.24, 2.45) is 11.8 Å². The molecule has 6 nitrogen and oxygen atoms in total. The van der Waals surface area contributed by atoms with Crippen LogP contribution in [0.15, 0.2) is 59.4 Å². The summed E-state index contributed by atoms with van der Waals surface area (Å²) >= 11 is 0. The Bertz CT molecular complexity index is 1250. The van der Waals surface area contributed by atoms with Gasteiger partial charge in [-0.15, -0.1) is 0 Å². The van der Waals surface area contributed by atoms with Gasteiger partial charge < -0.3 is 10.2 Å². The highest BCUT2D eigenvalue weighted by molar-refractivity contribution is 5.95. The number of carbonyl (C=O) groups is 1. The second-order valence-electron chi connectivity index (χ2n) is 8.92. The predicted octanol–water partition coefficient (Wildman–Crippen LogP) is 4.94. The summed E-state index contributed by atoms with van der Waals surface area (Å²) in [6.45, 7) is 11.3. The highest BCUT2D eigenvalue weighted by Gasteiger charge is 2.35. The first kappa shape index (κ1) is 27.3. The van der Waals surface area contributed by atoms with E-state index >= 15 is 0 Å². The normalized spacial score (nSPS) is 18.8. The number of aromatic amines is 1. The number of benzene rings is 2. The number of nitrogens with one attached hydrogen (secondary N) is 2. The third kappa shape index (κ3) is 6.26. The van der Waals surface area contributed by atoms with Crippen LogP contribution in [0, 0.1) is 17.7 Å². The molecule has 2 aliphatic rings. The van der Waals surface area contributed by atoms with Gasteiger partial charge in [-0.3, -0.25) is 9.59 Å². The van der Waals surface area contributed by atoms with Crippen LogP contribution in [-0.2, 0) is 6.42 Å². The zero-order valence-electron chi connectivity index (χ0n) is 21.7. The van der Waals surface area contributed by atoms with Crippen molar-refractivity contribution in [2.75, 3.05) is 26.2 Å². The van der Waals surface area contributed by atoms with Crippen molar-refractivity contribution in [3.05, 3.63) is 87.6 Å². The van der Waals surface area contributed by atoms with E-state index in [0.29, 0.717) is 42.4 Å². The van der Waals surface area contributed by atoms with Crippen LogP contribution in [0.2, 0.25) is 0 Å². The fourth-order valence-corrected chi connectivity index (χ4v) is 4.74. The van der Waals surface area contributed by atoms with Crippen LogP contribution in [0.25, 0.3) is 10.8 Å². The number of piperidine rings is 1. The molecule has 0 radical (unpaired) electrons. The topological polar surface area (TPSA) is 78.1 Å². The van der Waals surface area contributed by atoms with E-state index in [2.05, 4.69) is 15.5 Å². The zero-order chi connectivity index (χ0) is 26.1. The number of halogens is 1. The number of allylic oxidation sites excluding steroid dienone is 2. The summed E-state index contributed by atoms with van der Waals surface area (Å²) in [4.78, 5) is 26.9.